The molecule has 5 rings (SSSR count). The van der Waals surface area contributed by atoms with Crippen LogP contribution in [0.15, 0.2) is 87.8 Å². The number of halogens is 1. The van der Waals surface area contributed by atoms with Gasteiger partial charge >= 0.3 is 0 Å². The van der Waals surface area contributed by atoms with Gasteiger partial charge in [-0.2, -0.15) is 0 Å². The van der Waals surface area contributed by atoms with E-state index in [1.165, 1.54) is 0 Å². The summed E-state index contributed by atoms with van der Waals surface area (Å²) in [6, 6.07) is 25.6. The van der Waals surface area contributed by atoms with Crippen LogP contribution in [0, 0.1) is 0 Å². The Morgan fingerprint density at radius 1 is 0.862 bits per heavy atom. The van der Waals surface area contributed by atoms with Gasteiger partial charge in [0.15, 0.2) is 5.13 Å². The molecule has 1 atom stereocenters. The molecule has 0 aliphatic heterocycles. The normalized spacial score (nSPS) is 12.2. The molecule has 1 N–H and O–H groups in total. The van der Waals surface area contributed by atoms with E-state index in [0.717, 1.165) is 30.9 Å². The van der Waals surface area contributed by atoms with Gasteiger partial charge in [0.1, 0.15) is 6.04 Å². The largest absolute Gasteiger partial charge is 0.418 e. The number of nitrogens with zero attached hydrogens (tertiary/aromatic N) is 3. The first-order valence-corrected chi connectivity index (χ1v) is 10.6. The molecule has 2 heterocycles. The fourth-order valence-electron chi connectivity index (χ4n) is 3.05. The standard InChI is InChI=1S/C22H15BrN4OS/c23-16-12-10-15(11-13-16)20-26-27-21(28-20)19(14-6-2-1-3-7-14)25-22-24-17-8-4-5-9-18(17)29-22/h1-13,19H,(H,24,25). The van der Waals surface area contributed by atoms with Crippen LogP contribution in [-0.4, -0.2) is 15.2 Å². The average molecular weight is 463 g/mol. The molecule has 0 saturated heterocycles. The van der Waals surface area contributed by atoms with Crippen LogP contribution in [0.4, 0.5) is 5.13 Å². The molecule has 29 heavy (non-hydrogen) atoms. The minimum Gasteiger partial charge on any atom is -0.418 e. The van der Waals surface area contributed by atoms with Crippen LogP contribution < -0.4 is 5.32 Å². The molecule has 1 unspecified atom stereocenters. The van der Waals surface area contributed by atoms with Gasteiger partial charge in [0, 0.05) is 10.0 Å². The Kier molecular flexibility index (Phi) is 4.83. The van der Waals surface area contributed by atoms with Crippen LogP contribution in [0.25, 0.3) is 21.7 Å². The van der Waals surface area contributed by atoms with Gasteiger partial charge < -0.3 is 9.73 Å². The summed E-state index contributed by atoms with van der Waals surface area (Å²) in [6.45, 7) is 0. The quantitative estimate of drug-likeness (QED) is 0.331. The van der Waals surface area contributed by atoms with E-state index in [9.17, 15) is 0 Å². The van der Waals surface area contributed by atoms with Crippen LogP contribution in [0.3, 0.4) is 0 Å². The predicted molar refractivity (Wildman–Crippen MR) is 119 cm³/mol. The summed E-state index contributed by atoms with van der Waals surface area (Å²) in [5.74, 6) is 0.980. The highest BCUT2D eigenvalue weighted by Gasteiger charge is 2.22. The Bertz CT molecular complexity index is 1220. The first-order chi connectivity index (χ1) is 14.3. The summed E-state index contributed by atoms with van der Waals surface area (Å²) in [5.41, 5.74) is 2.87. The number of aromatic nitrogens is 3. The predicted octanol–water partition coefficient (Wildman–Crippen LogP) is 6.31. The number of rotatable bonds is 5. The zero-order chi connectivity index (χ0) is 19.6. The van der Waals surface area contributed by atoms with E-state index in [1.54, 1.807) is 11.3 Å². The second-order valence-corrected chi connectivity index (χ2v) is 8.37. The molecule has 0 aliphatic rings. The fourth-order valence-corrected chi connectivity index (χ4v) is 4.21. The van der Waals surface area contributed by atoms with Crippen molar-refractivity contribution in [1.29, 1.82) is 0 Å². The lowest BCUT2D eigenvalue weighted by Gasteiger charge is -2.14. The molecule has 7 heteroatoms. The van der Waals surface area contributed by atoms with Gasteiger partial charge in [-0.05, 0) is 42.0 Å². The zero-order valence-corrected chi connectivity index (χ0v) is 17.5. The van der Waals surface area contributed by atoms with Crippen LogP contribution in [-0.2, 0) is 0 Å². The highest BCUT2D eigenvalue weighted by Crippen LogP contribution is 2.32. The van der Waals surface area contributed by atoms with Crippen LogP contribution >= 0.6 is 27.3 Å². The molecular weight excluding hydrogens is 448 g/mol. The lowest BCUT2D eigenvalue weighted by Crippen LogP contribution is -2.12. The summed E-state index contributed by atoms with van der Waals surface area (Å²) in [5, 5.41) is 12.9. The van der Waals surface area contributed by atoms with Crippen LogP contribution in [0.5, 0.6) is 0 Å². The van der Waals surface area contributed by atoms with Crippen molar-refractivity contribution >= 4 is 42.6 Å². The fraction of sp³-hybridized carbons (Fsp3) is 0.0455. The monoisotopic (exact) mass is 462 g/mol. The van der Waals surface area contributed by atoms with Crippen molar-refractivity contribution in [3.63, 3.8) is 0 Å². The summed E-state index contributed by atoms with van der Waals surface area (Å²) >= 11 is 5.05. The Morgan fingerprint density at radius 2 is 1.62 bits per heavy atom. The number of fused-ring (bicyclic) bond motifs is 1. The van der Waals surface area contributed by atoms with Gasteiger partial charge in [-0.1, -0.05) is 69.7 Å². The van der Waals surface area contributed by atoms with E-state index in [0.29, 0.717) is 11.8 Å². The summed E-state index contributed by atoms with van der Waals surface area (Å²) in [6.07, 6.45) is 0. The minimum absolute atomic E-state index is 0.298. The number of nitrogens with one attached hydrogen (secondary N) is 1. The maximum Gasteiger partial charge on any atom is 0.247 e. The van der Waals surface area contributed by atoms with E-state index in [1.807, 2.05) is 72.8 Å². The number of hydrogen-bond donors (Lipinski definition) is 1. The molecule has 5 nitrogen and oxygen atoms in total. The number of para-hydroxylation sites is 1. The van der Waals surface area contributed by atoms with E-state index in [-0.39, 0.29) is 6.04 Å². The van der Waals surface area contributed by atoms with Crippen LogP contribution in [0.1, 0.15) is 17.5 Å². The Morgan fingerprint density at radius 3 is 2.41 bits per heavy atom. The third kappa shape index (κ3) is 3.79. The van der Waals surface area contributed by atoms with Crippen molar-refractivity contribution in [1.82, 2.24) is 15.2 Å². The van der Waals surface area contributed by atoms with Gasteiger partial charge in [0.05, 0.1) is 10.2 Å². The van der Waals surface area contributed by atoms with Crippen molar-refractivity contribution in [3.05, 3.63) is 94.8 Å². The number of hydrogen-bond acceptors (Lipinski definition) is 6. The maximum absolute atomic E-state index is 6.05. The topological polar surface area (TPSA) is 63.8 Å². The SMILES string of the molecule is Brc1ccc(-c2nnc(C(Nc3nc4ccccc4s3)c3ccccc3)o2)cc1. The molecule has 0 amide bonds. The van der Waals surface area contributed by atoms with Crippen molar-refractivity contribution in [3.8, 4) is 11.5 Å². The zero-order valence-electron chi connectivity index (χ0n) is 15.1. The molecule has 0 bridgehead atoms. The Balaban J connectivity index is 1.52. The van der Waals surface area contributed by atoms with Crippen molar-refractivity contribution in [2.75, 3.05) is 5.32 Å². The van der Waals surface area contributed by atoms with Crippen molar-refractivity contribution in [2.24, 2.45) is 0 Å². The van der Waals surface area contributed by atoms with E-state index in [2.05, 4.69) is 37.5 Å². The van der Waals surface area contributed by atoms with Gasteiger partial charge in [0.25, 0.3) is 0 Å². The number of benzene rings is 3. The van der Waals surface area contributed by atoms with Crippen molar-refractivity contribution in [2.45, 2.75) is 6.04 Å². The van der Waals surface area contributed by atoms with E-state index in [4.69, 9.17) is 9.40 Å². The first kappa shape index (κ1) is 18.0. The van der Waals surface area contributed by atoms with Gasteiger partial charge in [0.2, 0.25) is 11.8 Å². The first-order valence-electron chi connectivity index (χ1n) is 9.03. The number of thiazole rings is 1. The minimum atomic E-state index is -0.298. The smallest absolute Gasteiger partial charge is 0.247 e. The molecule has 0 spiro atoms. The Hall–Kier alpha value is -3.03. The molecule has 0 fully saturated rings. The summed E-state index contributed by atoms with van der Waals surface area (Å²) in [7, 11) is 0. The molecule has 0 radical (unpaired) electrons. The van der Waals surface area contributed by atoms with E-state index >= 15 is 0 Å². The molecule has 142 valence electrons. The highest BCUT2D eigenvalue weighted by atomic mass is 79.9. The molecule has 0 aliphatic carbocycles. The van der Waals surface area contributed by atoms with Gasteiger partial charge in [-0.25, -0.2) is 4.98 Å². The van der Waals surface area contributed by atoms with E-state index < -0.39 is 0 Å². The molecule has 3 aromatic carbocycles. The third-order valence-corrected chi connectivity index (χ3v) is 5.97. The van der Waals surface area contributed by atoms with Crippen LogP contribution in [0.2, 0.25) is 0 Å². The van der Waals surface area contributed by atoms with Gasteiger partial charge in [-0.15, -0.1) is 10.2 Å². The Labute approximate surface area is 179 Å². The second-order valence-electron chi connectivity index (χ2n) is 6.43. The second kappa shape index (κ2) is 7.77. The van der Waals surface area contributed by atoms with Crippen molar-refractivity contribution < 1.29 is 4.42 Å². The third-order valence-electron chi connectivity index (χ3n) is 4.47. The maximum atomic E-state index is 6.05. The average Bonchev–Trinajstić information content (AvgIpc) is 3.40. The lowest BCUT2D eigenvalue weighted by atomic mass is 10.1. The van der Waals surface area contributed by atoms with Gasteiger partial charge in [-0.3, -0.25) is 0 Å². The summed E-state index contributed by atoms with van der Waals surface area (Å²) < 4.78 is 8.18. The molecule has 0 saturated carbocycles. The highest BCUT2D eigenvalue weighted by molar-refractivity contribution is 9.10. The molecular formula is C22H15BrN4OS. The number of anilines is 1. The molecule has 2 aromatic heterocycles. The lowest BCUT2D eigenvalue weighted by molar-refractivity contribution is 0.494. The summed E-state index contributed by atoms with van der Waals surface area (Å²) in [4.78, 5) is 4.69. The molecule has 5 aromatic rings.